The summed E-state index contributed by atoms with van der Waals surface area (Å²) in [5.41, 5.74) is 13.5. The fraction of sp³-hybridized carbons (Fsp3) is 0.0455. The largest absolute Gasteiger partial charge is 0.247 e. The molecule has 2 heteroatoms. The molecule has 0 saturated carbocycles. The van der Waals surface area contributed by atoms with E-state index in [4.69, 9.17) is 9.97 Å². The Bertz CT molecular complexity index is 2330. The van der Waals surface area contributed by atoms with Gasteiger partial charge in [0.2, 0.25) is 0 Å². The second-order valence-corrected chi connectivity index (χ2v) is 11.9. The molecule has 0 radical (unpaired) electrons. The SMILES string of the molecule is Cc1cccc2c(-c3cccc(Cc4cccc5c(-c6ccccc6)nc(-c6ccccc6)cc45)c3)cc(-c3ccccc3)nc12. The van der Waals surface area contributed by atoms with Crippen LogP contribution in [0, 0.1) is 6.92 Å². The molecule has 0 bridgehead atoms. The molecule has 218 valence electrons. The van der Waals surface area contributed by atoms with E-state index in [0.29, 0.717) is 0 Å². The molecule has 8 rings (SSSR count). The predicted octanol–water partition coefficient (Wildman–Crippen LogP) is 11.4. The second kappa shape index (κ2) is 11.9. The van der Waals surface area contributed by atoms with Crippen molar-refractivity contribution in [3.8, 4) is 44.9 Å². The van der Waals surface area contributed by atoms with E-state index in [-0.39, 0.29) is 0 Å². The van der Waals surface area contributed by atoms with Crippen molar-refractivity contribution in [3.63, 3.8) is 0 Å². The van der Waals surface area contributed by atoms with Crippen molar-refractivity contribution in [2.24, 2.45) is 0 Å². The van der Waals surface area contributed by atoms with Gasteiger partial charge < -0.3 is 0 Å². The van der Waals surface area contributed by atoms with Gasteiger partial charge in [0.15, 0.2) is 0 Å². The lowest BCUT2D eigenvalue weighted by Gasteiger charge is -2.15. The molecule has 0 amide bonds. The minimum Gasteiger partial charge on any atom is -0.247 e. The summed E-state index contributed by atoms with van der Waals surface area (Å²) in [6, 6.07) is 58.1. The molecule has 0 aliphatic heterocycles. The molecule has 6 aromatic carbocycles. The van der Waals surface area contributed by atoms with Crippen LogP contribution >= 0.6 is 0 Å². The van der Waals surface area contributed by atoms with Crippen LogP contribution in [-0.2, 0) is 6.42 Å². The van der Waals surface area contributed by atoms with E-state index in [0.717, 1.165) is 45.7 Å². The number of nitrogens with zero attached hydrogens (tertiary/aromatic N) is 2. The maximum Gasteiger partial charge on any atom is 0.0787 e. The first-order valence-corrected chi connectivity index (χ1v) is 15.8. The van der Waals surface area contributed by atoms with Gasteiger partial charge in [0.1, 0.15) is 0 Å². The van der Waals surface area contributed by atoms with Crippen molar-refractivity contribution >= 4 is 21.7 Å². The maximum atomic E-state index is 5.21. The van der Waals surface area contributed by atoms with Gasteiger partial charge in [-0.2, -0.15) is 0 Å². The highest BCUT2D eigenvalue weighted by Crippen LogP contribution is 2.36. The number of pyridine rings is 2. The molecule has 2 nitrogen and oxygen atoms in total. The Kier molecular flexibility index (Phi) is 7.16. The first kappa shape index (κ1) is 27.7. The monoisotopic (exact) mass is 588 g/mol. The number of para-hydroxylation sites is 1. The number of rotatable bonds is 6. The van der Waals surface area contributed by atoms with Crippen LogP contribution in [0.5, 0.6) is 0 Å². The average molecular weight is 589 g/mol. The first-order chi connectivity index (χ1) is 22.7. The lowest BCUT2D eigenvalue weighted by atomic mass is 9.92. The highest BCUT2D eigenvalue weighted by Gasteiger charge is 2.15. The summed E-state index contributed by atoms with van der Waals surface area (Å²) >= 11 is 0. The number of fused-ring (bicyclic) bond motifs is 2. The summed E-state index contributed by atoms with van der Waals surface area (Å²) < 4.78 is 0. The van der Waals surface area contributed by atoms with Crippen LogP contribution in [0.3, 0.4) is 0 Å². The minimum absolute atomic E-state index is 0.811. The molecule has 0 atom stereocenters. The van der Waals surface area contributed by atoms with Gasteiger partial charge in [0.05, 0.1) is 22.6 Å². The van der Waals surface area contributed by atoms with E-state index in [1.54, 1.807) is 0 Å². The molecule has 2 heterocycles. The quantitative estimate of drug-likeness (QED) is 0.193. The summed E-state index contributed by atoms with van der Waals surface area (Å²) in [6.45, 7) is 2.15. The Hall–Kier alpha value is -5.86. The molecule has 2 aromatic heterocycles. The van der Waals surface area contributed by atoms with Crippen molar-refractivity contribution in [1.82, 2.24) is 9.97 Å². The highest BCUT2D eigenvalue weighted by atomic mass is 14.7. The normalized spacial score (nSPS) is 11.2. The molecule has 46 heavy (non-hydrogen) atoms. The smallest absolute Gasteiger partial charge is 0.0787 e. The van der Waals surface area contributed by atoms with E-state index in [9.17, 15) is 0 Å². The molecule has 8 aromatic rings. The summed E-state index contributed by atoms with van der Waals surface area (Å²) in [7, 11) is 0. The Morgan fingerprint density at radius 3 is 1.74 bits per heavy atom. The van der Waals surface area contributed by atoms with E-state index in [2.05, 4.69) is 171 Å². The van der Waals surface area contributed by atoms with Gasteiger partial charge in [0.25, 0.3) is 0 Å². The average Bonchev–Trinajstić information content (AvgIpc) is 3.12. The van der Waals surface area contributed by atoms with Crippen LogP contribution in [0.1, 0.15) is 16.7 Å². The standard InChI is InChI=1S/C44H32N2/c1-30-14-11-24-37-39(28-41(45-43(30)37)32-16-5-2-6-17-32)35-22-12-15-31(26-35)27-36-23-13-25-38-40(36)29-42(33-18-7-3-8-19-33)46-44(38)34-20-9-4-10-21-34/h2-26,28-29H,27H2,1H3. The third-order valence-corrected chi connectivity index (χ3v) is 8.82. The van der Waals surface area contributed by atoms with Gasteiger partial charge in [-0.1, -0.05) is 152 Å². The van der Waals surface area contributed by atoms with Crippen molar-refractivity contribution in [2.75, 3.05) is 0 Å². The van der Waals surface area contributed by atoms with Gasteiger partial charge in [-0.15, -0.1) is 0 Å². The zero-order valence-corrected chi connectivity index (χ0v) is 25.7. The number of aryl methyl sites for hydroxylation is 1. The molecule has 0 saturated heterocycles. The van der Waals surface area contributed by atoms with Crippen molar-refractivity contribution in [3.05, 3.63) is 180 Å². The van der Waals surface area contributed by atoms with Crippen LogP contribution in [0.4, 0.5) is 0 Å². The van der Waals surface area contributed by atoms with E-state index in [1.165, 1.54) is 44.0 Å². The summed E-state index contributed by atoms with van der Waals surface area (Å²) in [5, 5.41) is 3.58. The fourth-order valence-electron chi connectivity index (χ4n) is 6.52. The Morgan fingerprint density at radius 1 is 0.435 bits per heavy atom. The second-order valence-electron chi connectivity index (χ2n) is 11.9. The number of hydrogen-bond donors (Lipinski definition) is 0. The van der Waals surface area contributed by atoms with E-state index >= 15 is 0 Å². The van der Waals surface area contributed by atoms with Crippen LogP contribution in [0.15, 0.2) is 164 Å². The van der Waals surface area contributed by atoms with Gasteiger partial charge in [0, 0.05) is 27.5 Å². The lowest BCUT2D eigenvalue weighted by Crippen LogP contribution is -1.96. The third-order valence-electron chi connectivity index (χ3n) is 8.82. The van der Waals surface area contributed by atoms with Gasteiger partial charge in [-0.3, -0.25) is 0 Å². The zero-order valence-electron chi connectivity index (χ0n) is 25.7. The molecule has 0 aliphatic rings. The van der Waals surface area contributed by atoms with Crippen molar-refractivity contribution in [1.29, 1.82) is 0 Å². The molecule has 0 aliphatic carbocycles. The topological polar surface area (TPSA) is 25.8 Å². The number of benzene rings is 6. The van der Waals surface area contributed by atoms with Crippen LogP contribution < -0.4 is 0 Å². The van der Waals surface area contributed by atoms with Crippen molar-refractivity contribution in [2.45, 2.75) is 13.3 Å². The number of hydrogen-bond acceptors (Lipinski definition) is 2. The minimum atomic E-state index is 0.811. The van der Waals surface area contributed by atoms with Gasteiger partial charge >= 0.3 is 0 Å². The lowest BCUT2D eigenvalue weighted by molar-refractivity contribution is 1.21. The van der Waals surface area contributed by atoms with Crippen molar-refractivity contribution < 1.29 is 0 Å². The van der Waals surface area contributed by atoms with Gasteiger partial charge in [-0.05, 0) is 58.7 Å². The summed E-state index contributed by atoms with van der Waals surface area (Å²) in [6.07, 6.45) is 0.811. The van der Waals surface area contributed by atoms with Crippen LogP contribution in [-0.4, -0.2) is 9.97 Å². The summed E-state index contributed by atoms with van der Waals surface area (Å²) in [4.78, 5) is 10.3. The summed E-state index contributed by atoms with van der Waals surface area (Å²) in [5.74, 6) is 0. The third kappa shape index (κ3) is 5.25. The molecule has 0 N–H and O–H groups in total. The number of aromatic nitrogens is 2. The Labute approximate surface area is 269 Å². The molecular weight excluding hydrogens is 556 g/mol. The highest BCUT2D eigenvalue weighted by molar-refractivity contribution is 6.00. The molecular formula is C44H32N2. The fourth-order valence-corrected chi connectivity index (χ4v) is 6.52. The molecule has 0 spiro atoms. The Morgan fingerprint density at radius 2 is 1.02 bits per heavy atom. The first-order valence-electron chi connectivity index (χ1n) is 15.8. The van der Waals surface area contributed by atoms with Gasteiger partial charge in [-0.25, -0.2) is 9.97 Å². The zero-order chi connectivity index (χ0) is 30.9. The van der Waals surface area contributed by atoms with Crippen LogP contribution in [0.25, 0.3) is 66.6 Å². The van der Waals surface area contributed by atoms with E-state index in [1.807, 2.05) is 0 Å². The maximum absolute atomic E-state index is 5.21. The van der Waals surface area contributed by atoms with Crippen LogP contribution in [0.2, 0.25) is 0 Å². The predicted molar refractivity (Wildman–Crippen MR) is 193 cm³/mol. The Balaban J connectivity index is 1.26. The molecule has 0 unspecified atom stereocenters. The van der Waals surface area contributed by atoms with E-state index < -0.39 is 0 Å². The molecule has 0 fully saturated rings.